The number of benzene rings is 1. The first kappa shape index (κ1) is 11.3. The molecule has 0 aliphatic heterocycles. The molecule has 4 heteroatoms. The minimum absolute atomic E-state index is 0.104. The molecule has 1 heterocycles. The van der Waals surface area contributed by atoms with Crippen LogP contribution in [0.3, 0.4) is 0 Å². The zero-order chi connectivity index (χ0) is 12.3. The standard InChI is InChI=1S/C13H12N2O2/c1-9(16)6-13(17)15-11-7-10-4-2-3-5-12(10)14-8-11/h2-5,7-8H,6H2,1H3,(H,15,17). The van der Waals surface area contributed by atoms with E-state index in [1.807, 2.05) is 30.3 Å². The minimum atomic E-state index is -0.311. The zero-order valence-corrected chi connectivity index (χ0v) is 9.43. The van der Waals surface area contributed by atoms with Crippen LogP contribution in [0, 0.1) is 0 Å². The smallest absolute Gasteiger partial charge is 0.231 e. The number of carbonyl (C=O) groups is 2. The van der Waals surface area contributed by atoms with Gasteiger partial charge in [0.2, 0.25) is 5.91 Å². The second-order valence-electron chi connectivity index (χ2n) is 3.84. The highest BCUT2D eigenvalue weighted by molar-refractivity contribution is 6.04. The van der Waals surface area contributed by atoms with Gasteiger partial charge in [0.15, 0.2) is 0 Å². The molecule has 86 valence electrons. The van der Waals surface area contributed by atoms with E-state index in [1.165, 1.54) is 6.92 Å². The van der Waals surface area contributed by atoms with Gasteiger partial charge in [-0.05, 0) is 19.1 Å². The molecular formula is C13H12N2O2. The quantitative estimate of drug-likeness (QED) is 0.819. The van der Waals surface area contributed by atoms with Crippen LogP contribution < -0.4 is 5.32 Å². The zero-order valence-electron chi connectivity index (χ0n) is 9.43. The Morgan fingerprint density at radius 2 is 2.06 bits per heavy atom. The fourth-order valence-electron chi connectivity index (χ4n) is 1.57. The van der Waals surface area contributed by atoms with Crippen molar-refractivity contribution < 1.29 is 9.59 Å². The van der Waals surface area contributed by atoms with Gasteiger partial charge in [0.25, 0.3) is 0 Å². The number of anilines is 1. The van der Waals surface area contributed by atoms with Crippen molar-refractivity contribution in [3.8, 4) is 0 Å². The average molecular weight is 228 g/mol. The molecule has 0 bridgehead atoms. The average Bonchev–Trinajstić information content (AvgIpc) is 2.27. The molecule has 0 fully saturated rings. The number of pyridine rings is 1. The lowest BCUT2D eigenvalue weighted by Crippen LogP contribution is -2.14. The summed E-state index contributed by atoms with van der Waals surface area (Å²) in [6.07, 6.45) is 1.48. The number of nitrogens with one attached hydrogen (secondary N) is 1. The topological polar surface area (TPSA) is 59.1 Å². The maximum Gasteiger partial charge on any atom is 0.231 e. The molecule has 0 saturated carbocycles. The maximum atomic E-state index is 11.4. The van der Waals surface area contributed by atoms with Gasteiger partial charge in [-0.2, -0.15) is 0 Å². The molecule has 1 aromatic carbocycles. The van der Waals surface area contributed by atoms with E-state index in [0.717, 1.165) is 10.9 Å². The molecular weight excluding hydrogens is 216 g/mol. The molecule has 2 aromatic rings. The Kier molecular flexibility index (Phi) is 3.14. The van der Waals surface area contributed by atoms with Crippen molar-refractivity contribution in [2.24, 2.45) is 0 Å². The van der Waals surface area contributed by atoms with Crippen molar-refractivity contribution in [3.05, 3.63) is 36.5 Å². The van der Waals surface area contributed by atoms with Crippen LogP contribution in [0.1, 0.15) is 13.3 Å². The molecule has 1 aromatic heterocycles. The molecule has 0 spiro atoms. The predicted octanol–water partition coefficient (Wildman–Crippen LogP) is 2.15. The van der Waals surface area contributed by atoms with Crippen molar-refractivity contribution in [2.45, 2.75) is 13.3 Å². The van der Waals surface area contributed by atoms with Crippen LogP contribution in [0.4, 0.5) is 5.69 Å². The minimum Gasteiger partial charge on any atom is -0.324 e. The summed E-state index contributed by atoms with van der Waals surface area (Å²) in [5, 5.41) is 3.60. The van der Waals surface area contributed by atoms with Crippen LogP contribution in [-0.2, 0) is 9.59 Å². The van der Waals surface area contributed by atoms with E-state index in [4.69, 9.17) is 0 Å². The fraction of sp³-hybridized carbons (Fsp3) is 0.154. The summed E-state index contributed by atoms with van der Waals surface area (Å²) in [5.74, 6) is -0.467. The molecule has 0 radical (unpaired) electrons. The first-order valence-corrected chi connectivity index (χ1v) is 5.29. The van der Waals surface area contributed by atoms with Crippen molar-refractivity contribution in [1.29, 1.82) is 0 Å². The van der Waals surface area contributed by atoms with Gasteiger partial charge in [-0.15, -0.1) is 0 Å². The number of Topliss-reactive ketones (excluding diaryl/α,β-unsaturated/α-hetero) is 1. The highest BCUT2D eigenvalue weighted by atomic mass is 16.2. The first-order valence-electron chi connectivity index (χ1n) is 5.29. The van der Waals surface area contributed by atoms with Crippen molar-refractivity contribution in [1.82, 2.24) is 4.98 Å². The maximum absolute atomic E-state index is 11.4. The number of carbonyl (C=O) groups excluding carboxylic acids is 2. The SMILES string of the molecule is CC(=O)CC(=O)Nc1cnc2ccccc2c1. The number of amides is 1. The molecule has 1 amide bonds. The van der Waals surface area contributed by atoms with E-state index < -0.39 is 0 Å². The highest BCUT2D eigenvalue weighted by Gasteiger charge is 2.06. The lowest BCUT2D eigenvalue weighted by Gasteiger charge is -2.04. The largest absolute Gasteiger partial charge is 0.324 e. The number of hydrogen-bond acceptors (Lipinski definition) is 3. The van der Waals surface area contributed by atoms with Gasteiger partial charge < -0.3 is 5.32 Å². The third kappa shape index (κ3) is 2.87. The number of hydrogen-bond donors (Lipinski definition) is 1. The Morgan fingerprint density at radius 3 is 2.82 bits per heavy atom. The van der Waals surface area contributed by atoms with Gasteiger partial charge in [-0.25, -0.2) is 0 Å². The summed E-state index contributed by atoms with van der Waals surface area (Å²) in [6, 6.07) is 9.47. The van der Waals surface area contributed by atoms with Crippen LogP contribution in [0.25, 0.3) is 10.9 Å². The molecule has 0 unspecified atom stereocenters. The van der Waals surface area contributed by atoms with Crippen LogP contribution in [0.2, 0.25) is 0 Å². The van der Waals surface area contributed by atoms with Gasteiger partial charge in [0.05, 0.1) is 23.8 Å². The lowest BCUT2D eigenvalue weighted by molar-refractivity contribution is -0.124. The molecule has 1 N–H and O–H groups in total. The van der Waals surface area contributed by atoms with E-state index in [-0.39, 0.29) is 18.1 Å². The summed E-state index contributed by atoms with van der Waals surface area (Å²) in [5.41, 5.74) is 1.48. The number of para-hydroxylation sites is 1. The second kappa shape index (κ2) is 4.74. The first-order chi connectivity index (χ1) is 8.15. The van der Waals surface area contributed by atoms with Crippen molar-refractivity contribution in [2.75, 3.05) is 5.32 Å². The van der Waals surface area contributed by atoms with Crippen molar-refractivity contribution >= 4 is 28.3 Å². The Balaban J connectivity index is 2.19. The number of rotatable bonds is 3. The summed E-state index contributed by atoms with van der Waals surface area (Å²) in [4.78, 5) is 26.4. The van der Waals surface area contributed by atoms with Crippen molar-refractivity contribution in [3.63, 3.8) is 0 Å². The summed E-state index contributed by atoms with van der Waals surface area (Å²) in [6.45, 7) is 1.39. The van der Waals surface area contributed by atoms with E-state index in [0.29, 0.717) is 5.69 Å². The lowest BCUT2D eigenvalue weighted by atomic mass is 10.2. The summed E-state index contributed by atoms with van der Waals surface area (Å²) >= 11 is 0. The molecule has 0 aliphatic rings. The number of fused-ring (bicyclic) bond motifs is 1. The molecule has 0 atom stereocenters. The van der Waals surface area contributed by atoms with Crippen LogP contribution in [0.5, 0.6) is 0 Å². The number of nitrogens with zero attached hydrogens (tertiary/aromatic N) is 1. The third-order valence-corrected chi connectivity index (χ3v) is 2.28. The van der Waals surface area contributed by atoms with Gasteiger partial charge >= 0.3 is 0 Å². The van der Waals surface area contributed by atoms with E-state index in [9.17, 15) is 9.59 Å². The van der Waals surface area contributed by atoms with E-state index >= 15 is 0 Å². The molecule has 2 rings (SSSR count). The van der Waals surface area contributed by atoms with E-state index in [1.54, 1.807) is 6.20 Å². The normalized spacial score (nSPS) is 10.2. The predicted molar refractivity (Wildman–Crippen MR) is 65.7 cm³/mol. The van der Waals surface area contributed by atoms with Gasteiger partial charge in [-0.3, -0.25) is 14.6 Å². The number of ketones is 1. The molecule has 17 heavy (non-hydrogen) atoms. The van der Waals surface area contributed by atoms with Gasteiger partial charge in [0.1, 0.15) is 5.78 Å². The van der Waals surface area contributed by atoms with Crippen LogP contribution in [0.15, 0.2) is 36.5 Å². The fourth-order valence-corrected chi connectivity index (χ4v) is 1.57. The van der Waals surface area contributed by atoms with Crippen LogP contribution >= 0.6 is 0 Å². The monoisotopic (exact) mass is 228 g/mol. The van der Waals surface area contributed by atoms with E-state index in [2.05, 4.69) is 10.3 Å². The third-order valence-electron chi connectivity index (χ3n) is 2.28. The highest BCUT2D eigenvalue weighted by Crippen LogP contribution is 2.15. The molecule has 0 saturated heterocycles. The Morgan fingerprint density at radius 1 is 1.29 bits per heavy atom. The second-order valence-corrected chi connectivity index (χ2v) is 3.84. The molecule has 4 nitrogen and oxygen atoms in total. The Bertz CT molecular complexity index is 578. The van der Waals surface area contributed by atoms with Gasteiger partial charge in [0, 0.05) is 5.39 Å². The summed E-state index contributed by atoms with van der Waals surface area (Å²) in [7, 11) is 0. The Labute approximate surface area is 98.7 Å². The van der Waals surface area contributed by atoms with Crippen LogP contribution in [-0.4, -0.2) is 16.7 Å². The van der Waals surface area contributed by atoms with Gasteiger partial charge in [-0.1, -0.05) is 18.2 Å². The number of aromatic nitrogens is 1. The molecule has 0 aliphatic carbocycles. The summed E-state index contributed by atoms with van der Waals surface area (Å²) < 4.78 is 0. The Hall–Kier alpha value is -2.23.